The van der Waals surface area contributed by atoms with Gasteiger partial charge >= 0.3 is 0 Å². The van der Waals surface area contributed by atoms with Crippen LogP contribution >= 0.6 is 11.6 Å². The summed E-state index contributed by atoms with van der Waals surface area (Å²) >= 11 is 5.57. The zero-order chi connectivity index (χ0) is 14.7. The molecule has 0 aliphatic carbocycles. The molecule has 1 atom stereocenters. The number of likely N-dealkylation sites (N-methyl/N-ethyl adjacent to an activating group) is 1. The molecule has 0 radical (unpaired) electrons. The molecular formula is C15H15ClF2N2. The minimum absolute atomic E-state index is 0.213. The summed E-state index contributed by atoms with van der Waals surface area (Å²) in [5.74, 6) is -1.15. The SMILES string of the molecule is CNC(Cc1ncccc1C)c1cc(F)c(Cl)cc1F. The molecule has 1 heterocycles. The molecule has 2 aromatic rings. The van der Waals surface area contributed by atoms with Crippen LogP contribution in [0.5, 0.6) is 0 Å². The number of aryl methyl sites for hydroxylation is 1. The lowest BCUT2D eigenvalue weighted by Crippen LogP contribution is -2.21. The minimum Gasteiger partial charge on any atom is -0.313 e. The summed E-state index contributed by atoms with van der Waals surface area (Å²) in [4.78, 5) is 4.28. The lowest BCUT2D eigenvalue weighted by Gasteiger charge is -2.18. The highest BCUT2D eigenvalue weighted by Gasteiger charge is 2.18. The number of pyridine rings is 1. The first-order chi connectivity index (χ1) is 9.52. The van der Waals surface area contributed by atoms with Crippen LogP contribution in [0.2, 0.25) is 5.02 Å². The van der Waals surface area contributed by atoms with Crippen molar-refractivity contribution in [1.29, 1.82) is 0 Å². The van der Waals surface area contributed by atoms with Crippen LogP contribution in [0.3, 0.4) is 0 Å². The molecule has 2 rings (SSSR count). The second-order valence-corrected chi connectivity index (χ2v) is 5.01. The summed E-state index contributed by atoms with van der Waals surface area (Å²) in [5.41, 5.74) is 2.11. The Hall–Kier alpha value is -1.52. The van der Waals surface area contributed by atoms with Gasteiger partial charge in [-0.15, -0.1) is 0 Å². The quantitative estimate of drug-likeness (QED) is 0.868. The van der Waals surface area contributed by atoms with E-state index in [0.29, 0.717) is 6.42 Å². The Balaban J connectivity index is 2.34. The first-order valence-corrected chi connectivity index (χ1v) is 6.63. The lowest BCUT2D eigenvalue weighted by molar-refractivity contribution is 0.519. The Morgan fingerprint density at radius 2 is 2.05 bits per heavy atom. The second kappa shape index (κ2) is 6.29. The van der Waals surface area contributed by atoms with Crippen LogP contribution in [0.15, 0.2) is 30.5 Å². The molecule has 5 heteroatoms. The van der Waals surface area contributed by atoms with Crippen LogP contribution in [0.25, 0.3) is 0 Å². The zero-order valence-electron chi connectivity index (χ0n) is 11.3. The molecular weight excluding hydrogens is 282 g/mol. The normalized spacial score (nSPS) is 12.4. The summed E-state index contributed by atoms with van der Waals surface area (Å²) in [6, 6.07) is 5.55. The van der Waals surface area contributed by atoms with E-state index in [1.807, 2.05) is 19.1 Å². The van der Waals surface area contributed by atoms with Gasteiger partial charge < -0.3 is 5.32 Å². The molecule has 0 spiro atoms. The maximum Gasteiger partial charge on any atom is 0.142 e. The fourth-order valence-electron chi connectivity index (χ4n) is 2.10. The highest BCUT2D eigenvalue weighted by Crippen LogP contribution is 2.26. The summed E-state index contributed by atoms with van der Waals surface area (Å²) in [5, 5.41) is 2.78. The molecule has 0 amide bonds. The molecule has 106 valence electrons. The third-order valence-corrected chi connectivity index (χ3v) is 3.57. The topological polar surface area (TPSA) is 24.9 Å². The highest BCUT2D eigenvalue weighted by atomic mass is 35.5. The van der Waals surface area contributed by atoms with Gasteiger partial charge in [-0.3, -0.25) is 4.98 Å². The van der Waals surface area contributed by atoms with E-state index in [1.165, 1.54) is 0 Å². The first kappa shape index (κ1) is 14.9. The monoisotopic (exact) mass is 296 g/mol. The van der Waals surface area contributed by atoms with Crippen molar-refractivity contribution in [2.75, 3.05) is 7.05 Å². The highest BCUT2D eigenvalue weighted by molar-refractivity contribution is 6.30. The van der Waals surface area contributed by atoms with E-state index in [1.54, 1.807) is 13.2 Å². The number of aromatic nitrogens is 1. The molecule has 1 aromatic heterocycles. The van der Waals surface area contributed by atoms with Gasteiger partial charge in [0.2, 0.25) is 0 Å². The van der Waals surface area contributed by atoms with Crippen molar-refractivity contribution in [2.45, 2.75) is 19.4 Å². The average molecular weight is 297 g/mol. The van der Waals surface area contributed by atoms with E-state index >= 15 is 0 Å². The third kappa shape index (κ3) is 3.14. The fourth-order valence-corrected chi connectivity index (χ4v) is 2.25. The maximum absolute atomic E-state index is 14.0. The van der Waals surface area contributed by atoms with Gasteiger partial charge in [0.1, 0.15) is 11.6 Å². The summed E-state index contributed by atoms with van der Waals surface area (Å²) in [6.07, 6.45) is 2.16. The lowest BCUT2D eigenvalue weighted by atomic mass is 9.99. The van der Waals surface area contributed by atoms with Crippen molar-refractivity contribution in [1.82, 2.24) is 10.3 Å². The molecule has 0 aliphatic rings. The standard InChI is InChI=1S/C15H15ClF2N2/c1-9-4-3-5-20-14(9)8-15(19-2)10-6-13(18)11(16)7-12(10)17/h3-7,15,19H,8H2,1-2H3. The van der Waals surface area contributed by atoms with Crippen molar-refractivity contribution in [3.63, 3.8) is 0 Å². The molecule has 2 nitrogen and oxygen atoms in total. The molecule has 0 bridgehead atoms. The van der Waals surface area contributed by atoms with E-state index < -0.39 is 11.6 Å². The predicted octanol–water partition coefficient (Wildman–Crippen LogP) is 3.82. The number of halogens is 3. The number of hydrogen-bond acceptors (Lipinski definition) is 2. The van der Waals surface area contributed by atoms with E-state index in [9.17, 15) is 8.78 Å². The molecule has 20 heavy (non-hydrogen) atoms. The summed E-state index contributed by atoms with van der Waals surface area (Å²) < 4.78 is 27.5. The number of benzene rings is 1. The van der Waals surface area contributed by atoms with E-state index in [4.69, 9.17) is 11.6 Å². The Morgan fingerprint density at radius 3 is 2.70 bits per heavy atom. The molecule has 1 N–H and O–H groups in total. The van der Waals surface area contributed by atoms with Crippen LogP contribution < -0.4 is 5.32 Å². The largest absolute Gasteiger partial charge is 0.313 e. The predicted molar refractivity (Wildman–Crippen MR) is 75.8 cm³/mol. The fraction of sp³-hybridized carbons (Fsp3) is 0.267. The maximum atomic E-state index is 14.0. The van der Waals surface area contributed by atoms with E-state index in [0.717, 1.165) is 23.4 Å². The summed E-state index contributed by atoms with van der Waals surface area (Å²) in [7, 11) is 1.70. The van der Waals surface area contributed by atoms with Gasteiger partial charge in [-0.2, -0.15) is 0 Å². The molecule has 0 saturated heterocycles. The van der Waals surface area contributed by atoms with Crippen molar-refractivity contribution in [3.05, 3.63) is 63.9 Å². The third-order valence-electron chi connectivity index (χ3n) is 3.28. The second-order valence-electron chi connectivity index (χ2n) is 4.60. The Bertz CT molecular complexity index is 617. The Labute approximate surface area is 121 Å². The molecule has 1 unspecified atom stereocenters. The van der Waals surface area contributed by atoms with Crippen LogP contribution in [0, 0.1) is 18.6 Å². The number of rotatable bonds is 4. The van der Waals surface area contributed by atoms with E-state index in [2.05, 4.69) is 10.3 Å². The van der Waals surface area contributed by atoms with Gasteiger partial charge in [0.25, 0.3) is 0 Å². The first-order valence-electron chi connectivity index (χ1n) is 6.25. The number of hydrogen-bond donors (Lipinski definition) is 1. The van der Waals surface area contributed by atoms with Gasteiger partial charge in [0, 0.05) is 29.9 Å². The average Bonchev–Trinajstić information content (AvgIpc) is 2.42. The van der Waals surface area contributed by atoms with E-state index in [-0.39, 0.29) is 16.6 Å². The molecule has 0 aliphatic heterocycles. The van der Waals surface area contributed by atoms with Crippen LogP contribution in [0.4, 0.5) is 8.78 Å². The number of nitrogens with one attached hydrogen (secondary N) is 1. The Kier molecular flexibility index (Phi) is 4.68. The van der Waals surface area contributed by atoms with Crippen molar-refractivity contribution in [2.24, 2.45) is 0 Å². The van der Waals surface area contributed by atoms with Crippen molar-refractivity contribution in [3.8, 4) is 0 Å². The van der Waals surface area contributed by atoms with Crippen LogP contribution in [0.1, 0.15) is 22.9 Å². The molecule has 1 aromatic carbocycles. The van der Waals surface area contributed by atoms with Gasteiger partial charge in [0.05, 0.1) is 5.02 Å². The van der Waals surface area contributed by atoms with Crippen LogP contribution in [-0.2, 0) is 6.42 Å². The Morgan fingerprint density at radius 1 is 1.30 bits per heavy atom. The smallest absolute Gasteiger partial charge is 0.142 e. The van der Waals surface area contributed by atoms with Gasteiger partial charge in [0.15, 0.2) is 0 Å². The summed E-state index contributed by atoms with van der Waals surface area (Å²) in [6.45, 7) is 1.94. The minimum atomic E-state index is -0.624. The van der Waals surface area contributed by atoms with Crippen molar-refractivity contribution < 1.29 is 8.78 Å². The van der Waals surface area contributed by atoms with Gasteiger partial charge in [-0.05, 0) is 37.7 Å². The van der Waals surface area contributed by atoms with Gasteiger partial charge in [-0.1, -0.05) is 17.7 Å². The van der Waals surface area contributed by atoms with Crippen LogP contribution in [-0.4, -0.2) is 12.0 Å². The number of nitrogens with zero attached hydrogens (tertiary/aromatic N) is 1. The molecule has 0 fully saturated rings. The van der Waals surface area contributed by atoms with Crippen molar-refractivity contribution >= 4 is 11.6 Å². The molecule has 0 saturated carbocycles. The van der Waals surface area contributed by atoms with Gasteiger partial charge in [-0.25, -0.2) is 8.78 Å². The zero-order valence-corrected chi connectivity index (χ0v) is 12.0.